The van der Waals surface area contributed by atoms with Crippen molar-refractivity contribution in [2.45, 2.75) is 13.3 Å². The molecule has 2 aliphatic rings. The van der Waals surface area contributed by atoms with Gasteiger partial charge in [-0.2, -0.15) is 0 Å². The molecule has 31 heavy (non-hydrogen) atoms. The molecular formula is C25H29N3O3. The predicted octanol–water partition coefficient (Wildman–Crippen LogP) is 2.23. The van der Waals surface area contributed by atoms with Crippen LogP contribution in [0.15, 0.2) is 54.6 Å². The quantitative estimate of drug-likeness (QED) is 0.764. The van der Waals surface area contributed by atoms with Crippen LogP contribution in [-0.2, 0) is 16.0 Å². The van der Waals surface area contributed by atoms with Gasteiger partial charge in [-0.3, -0.25) is 14.4 Å². The fourth-order valence-corrected chi connectivity index (χ4v) is 5.00. The minimum atomic E-state index is -0.741. The van der Waals surface area contributed by atoms with Crippen molar-refractivity contribution in [2.24, 2.45) is 11.3 Å². The van der Waals surface area contributed by atoms with Gasteiger partial charge in [0.1, 0.15) is 0 Å². The third kappa shape index (κ3) is 3.82. The number of hydrogen-bond donors (Lipinski definition) is 0. The van der Waals surface area contributed by atoms with Gasteiger partial charge in [0.15, 0.2) is 0 Å². The van der Waals surface area contributed by atoms with E-state index < -0.39 is 5.41 Å². The van der Waals surface area contributed by atoms with Gasteiger partial charge in [0, 0.05) is 51.8 Å². The van der Waals surface area contributed by atoms with E-state index in [2.05, 4.69) is 0 Å². The fourth-order valence-electron chi connectivity index (χ4n) is 5.00. The summed E-state index contributed by atoms with van der Waals surface area (Å²) >= 11 is 0. The smallest absolute Gasteiger partial charge is 0.253 e. The van der Waals surface area contributed by atoms with Gasteiger partial charge >= 0.3 is 0 Å². The van der Waals surface area contributed by atoms with Crippen molar-refractivity contribution < 1.29 is 14.4 Å². The van der Waals surface area contributed by atoms with Crippen molar-refractivity contribution in [1.82, 2.24) is 14.7 Å². The van der Waals surface area contributed by atoms with E-state index in [1.807, 2.05) is 54.3 Å². The molecule has 4 rings (SSSR count). The van der Waals surface area contributed by atoms with E-state index in [1.165, 1.54) is 0 Å². The number of fused-ring (bicyclic) bond motifs is 1. The molecule has 0 spiro atoms. The van der Waals surface area contributed by atoms with E-state index in [4.69, 9.17) is 0 Å². The largest absolute Gasteiger partial charge is 0.348 e. The lowest BCUT2D eigenvalue weighted by atomic mass is 9.79. The zero-order valence-corrected chi connectivity index (χ0v) is 18.4. The van der Waals surface area contributed by atoms with Crippen LogP contribution in [-0.4, -0.2) is 72.7 Å². The van der Waals surface area contributed by atoms with E-state index in [0.29, 0.717) is 38.2 Å². The van der Waals surface area contributed by atoms with E-state index in [1.54, 1.807) is 36.0 Å². The topological polar surface area (TPSA) is 60.9 Å². The van der Waals surface area contributed by atoms with E-state index in [0.717, 1.165) is 11.1 Å². The van der Waals surface area contributed by atoms with Gasteiger partial charge in [-0.1, -0.05) is 42.5 Å². The molecule has 6 heteroatoms. The summed E-state index contributed by atoms with van der Waals surface area (Å²) in [5.74, 6) is -0.0859. The van der Waals surface area contributed by atoms with Crippen LogP contribution in [0, 0.1) is 18.3 Å². The Hall–Kier alpha value is -3.15. The van der Waals surface area contributed by atoms with Crippen LogP contribution < -0.4 is 0 Å². The summed E-state index contributed by atoms with van der Waals surface area (Å²) in [6, 6.07) is 17.1. The molecule has 0 saturated carbocycles. The van der Waals surface area contributed by atoms with Crippen LogP contribution in [0.1, 0.15) is 21.5 Å². The number of hydrogen-bond acceptors (Lipinski definition) is 3. The van der Waals surface area contributed by atoms with Gasteiger partial charge in [0.05, 0.1) is 11.8 Å². The molecule has 0 unspecified atom stereocenters. The Bertz CT molecular complexity index is 1000. The molecular weight excluding hydrogens is 390 g/mol. The minimum absolute atomic E-state index is 0.00736. The molecule has 3 amide bonds. The fraction of sp³-hybridized carbons (Fsp3) is 0.400. The number of amides is 3. The Balaban J connectivity index is 1.54. The molecule has 2 atom stereocenters. The van der Waals surface area contributed by atoms with Crippen molar-refractivity contribution >= 4 is 17.7 Å². The highest BCUT2D eigenvalue weighted by molar-refractivity contribution is 5.96. The number of carbonyl (C=O) groups excluding carboxylic acids is 3. The molecule has 2 aromatic rings. The molecule has 2 heterocycles. The minimum Gasteiger partial charge on any atom is -0.348 e. The predicted molar refractivity (Wildman–Crippen MR) is 118 cm³/mol. The summed E-state index contributed by atoms with van der Waals surface area (Å²) in [5, 5.41) is 0. The van der Waals surface area contributed by atoms with Crippen molar-refractivity contribution in [3.63, 3.8) is 0 Å². The van der Waals surface area contributed by atoms with Crippen molar-refractivity contribution in [1.29, 1.82) is 0 Å². The second-order valence-corrected chi connectivity index (χ2v) is 8.98. The lowest BCUT2D eigenvalue weighted by Crippen LogP contribution is -2.48. The molecule has 162 valence electrons. The first kappa shape index (κ1) is 21.1. The first-order valence-electron chi connectivity index (χ1n) is 10.7. The summed E-state index contributed by atoms with van der Waals surface area (Å²) in [6.45, 7) is 3.70. The molecule has 0 radical (unpaired) electrons. The first-order valence-corrected chi connectivity index (χ1v) is 10.7. The molecule has 0 aromatic heterocycles. The van der Waals surface area contributed by atoms with Crippen LogP contribution in [0.5, 0.6) is 0 Å². The lowest BCUT2D eigenvalue weighted by molar-refractivity contribution is -0.140. The third-order valence-corrected chi connectivity index (χ3v) is 6.70. The van der Waals surface area contributed by atoms with Gasteiger partial charge in [-0.15, -0.1) is 0 Å². The van der Waals surface area contributed by atoms with Crippen molar-refractivity contribution in [2.75, 3.05) is 40.3 Å². The van der Waals surface area contributed by atoms with Crippen LogP contribution >= 0.6 is 0 Å². The summed E-state index contributed by atoms with van der Waals surface area (Å²) in [5.41, 5.74) is 1.99. The maximum Gasteiger partial charge on any atom is 0.253 e. The molecule has 0 bridgehead atoms. The summed E-state index contributed by atoms with van der Waals surface area (Å²) < 4.78 is 0. The zero-order chi connectivity index (χ0) is 22.2. The molecule has 0 N–H and O–H groups in total. The average Bonchev–Trinajstić information content (AvgIpc) is 3.30. The first-order chi connectivity index (χ1) is 14.8. The normalized spacial score (nSPS) is 22.4. The summed E-state index contributed by atoms with van der Waals surface area (Å²) in [7, 11) is 3.49. The second-order valence-electron chi connectivity index (χ2n) is 8.98. The van der Waals surface area contributed by atoms with Crippen LogP contribution in [0.25, 0.3) is 0 Å². The maximum absolute atomic E-state index is 13.3. The van der Waals surface area contributed by atoms with E-state index in [9.17, 15) is 14.4 Å². The average molecular weight is 420 g/mol. The number of aryl methyl sites for hydroxylation is 1. The van der Waals surface area contributed by atoms with Crippen LogP contribution in [0.4, 0.5) is 0 Å². The highest BCUT2D eigenvalue weighted by Crippen LogP contribution is 2.44. The number of rotatable bonds is 4. The molecule has 2 aliphatic heterocycles. The van der Waals surface area contributed by atoms with Gasteiger partial charge in [-0.05, 0) is 30.2 Å². The van der Waals surface area contributed by atoms with Gasteiger partial charge in [0.25, 0.3) is 5.91 Å². The molecule has 6 nitrogen and oxygen atoms in total. The number of nitrogens with zero attached hydrogens (tertiary/aromatic N) is 3. The SMILES string of the molecule is Cc1ccccc1CC(=O)N1C[C@@H]2CN(C(=O)c3ccccc3)C[C@]2(C(=O)N(C)C)C1. The van der Waals surface area contributed by atoms with Gasteiger partial charge in [-0.25, -0.2) is 0 Å². The lowest BCUT2D eigenvalue weighted by Gasteiger charge is -2.30. The monoisotopic (exact) mass is 419 g/mol. The summed E-state index contributed by atoms with van der Waals surface area (Å²) in [6.07, 6.45) is 0.332. The van der Waals surface area contributed by atoms with Crippen LogP contribution in [0.3, 0.4) is 0 Å². The second kappa shape index (κ2) is 8.17. The molecule has 2 fully saturated rings. The summed E-state index contributed by atoms with van der Waals surface area (Å²) in [4.78, 5) is 44.6. The standard InChI is InChI=1S/C25H29N3O3/c1-18-9-7-8-12-20(18)13-22(29)27-14-21-15-28(23(30)19-10-5-4-6-11-19)17-25(21,16-27)24(31)26(2)3/h4-12,21H,13-17H2,1-3H3/t21-,25-/m1/s1. The Morgan fingerprint density at radius 1 is 0.935 bits per heavy atom. The number of benzene rings is 2. The van der Waals surface area contributed by atoms with Crippen molar-refractivity contribution in [3.05, 3.63) is 71.3 Å². The van der Waals surface area contributed by atoms with E-state index in [-0.39, 0.29) is 23.6 Å². The van der Waals surface area contributed by atoms with Crippen molar-refractivity contribution in [3.8, 4) is 0 Å². The third-order valence-electron chi connectivity index (χ3n) is 6.70. The molecule has 0 aliphatic carbocycles. The maximum atomic E-state index is 13.3. The molecule has 2 saturated heterocycles. The highest BCUT2D eigenvalue weighted by Gasteiger charge is 2.59. The van der Waals surface area contributed by atoms with Crippen LogP contribution in [0.2, 0.25) is 0 Å². The van der Waals surface area contributed by atoms with E-state index >= 15 is 0 Å². The van der Waals surface area contributed by atoms with Gasteiger partial charge < -0.3 is 14.7 Å². The highest BCUT2D eigenvalue weighted by atomic mass is 16.2. The number of likely N-dealkylation sites (tertiary alicyclic amines) is 2. The van der Waals surface area contributed by atoms with Gasteiger partial charge in [0.2, 0.25) is 11.8 Å². The Morgan fingerprint density at radius 2 is 1.55 bits per heavy atom. The number of carbonyl (C=O) groups is 3. The zero-order valence-electron chi connectivity index (χ0n) is 18.4. The Kier molecular flexibility index (Phi) is 5.56. The Labute approximate surface area is 183 Å². The molecule has 2 aromatic carbocycles. The Morgan fingerprint density at radius 3 is 2.23 bits per heavy atom.